The second kappa shape index (κ2) is 12.1. The van der Waals surface area contributed by atoms with Gasteiger partial charge >= 0.3 is 0 Å². The molecule has 0 aliphatic heterocycles. The summed E-state index contributed by atoms with van der Waals surface area (Å²) in [7, 11) is 1.50. The number of carbonyl (C=O) groups is 2. The molecule has 3 aromatic rings. The first-order chi connectivity index (χ1) is 18.7. The quantitative estimate of drug-likeness (QED) is 0.215. The van der Waals surface area contributed by atoms with Gasteiger partial charge in [-0.25, -0.2) is 19.2 Å². The van der Waals surface area contributed by atoms with Crippen molar-refractivity contribution in [3.63, 3.8) is 0 Å². The molecule has 2 heterocycles. The summed E-state index contributed by atoms with van der Waals surface area (Å²) in [5, 5.41) is 5.56. The second-order valence-electron chi connectivity index (χ2n) is 9.16. The number of aromatic nitrogens is 3. The number of nitrogens with zero attached hydrogens (tertiary/aromatic N) is 3. The lowest BCUT2D eigenvalue weighted by molar-refractivity contribution is -0.119. The van der Waals surface area contributed by atoms with Crippen LogP contribution in [0, 0.1) is 12.8 Å². The van der Waals surface area contributed by atoms with Crippen LogP contribution < -0.4 is 20.9 Å². The zero-order valence-electron chi connectivity index (χ0n) is 21.9. The number of para-hydroxylation sites is 1. The van der Waals surface area contributed by atoms with Crippen molar-refractivity contribution in [2.75, 3.05) is 24.4 Å². The molecule has 0 spiro atoms. The van der Waals surface area contributed by atoms with Crippen molar-refractivity contribution in [2.24, 2.45) is 5.92 Å². The number of hydroxylamine groups is 1. The molecule has 12 heteroatoms. The molecule has 3 N–H and O–H groups in total. The Bertz CT molecular complexity index is 1340. The van der Waals surface area contributed by atoms with Crippen molar-refractivity contribution in [3.05, 3.63) is 54.1 Å². The number of hydrogen-bond acceptors (Lipinski definition) is 8. The van der Waals surface area contributed by atoms with Crippen molar-refractivity contribution in [2.45, 2.75) is 45.5 Å². The van der Waals surface area contributed by atoms with Gasteiger partial charge in [0.15, 0.2) is 5.75 Å². The zero-order chi connectivity index (χ0) is 28.0. The van der Waals surface area contributed by atoms with Crippen LogP contribution in [-0.2, 0) is 9.63 Å². The first-order valence-electron chi connectivity index (χ1n) is 12.6. The van der Waals surface area contributed by atoms with E-state index in [1.807, 2.05) is 13.0 Å². The number of halogens is 2. The number of nitrogens with one attached hydrogen (secondary N) is 3. The van der Waals surface area contributed by atoms with E-state index in [1.165, 1.54) is 19.4 Å². The highest BCUT2D eigenvalue weighted by Gasteiger charge is 2.61. The van der Waals surface area contributed by atoms with E-state index < -0.39 is 30.1 Å². The molecule has 4 rings (SSSR count). The SMILES string of the molecule is CCCCCONC(=O)c1cnc(NC(=O)C2CC2(F)F)cc1Nc1cccc(-c2cnc(C)cn2)c1OC. The predicted molar refractivity (Wildman–Crippen MR) is 141 cm³/mol. The lowest BCUT2D eigenvalue weighted by Gasteiger charge is -2.17. The molecule has 1 saturated carbocycles. The van der Waals surface area contributed by atoms with E-state index in [4.69, 9.17) is 9.57 Å². The van der Waals surface area contributed by atoms with Crippen molar-refractivity contribution < 1.29 is 27.9 Å². The van der Waals surface area contributed by atoms with Crippen LogP contribution in [0.15, 0.2) is 42.9 Å². The van der Waals surface area contributed by atoms with Gasteiger partial charge in [0.05, 0.1) is 48.2 Å². The summed E-state index contributed by atoms with van der Waals surface area (Å²) in [4.78, 5) is 43.3. The van der Waals surface area contributed by atoms with Crippen LogP contribution in [0.2, 0.25) is 0 Å². The lowest BCUT2D eigenvalue weighted by atomic mass is 10.1. The summed E-state index contributed by atoms with van der Waals surface area (Å²) in [5.74, 6) is -5.40. The lowest BCUT2D eigenvalue weighted by Crippen LogP contribution is -2.25. The molecule has 2 amide bonds. The molecule has 1 atom stereocenters. The minimum Gasteiger partial charge on any atom is -0.494 e. The summed E-state index contributed by atoms with van der Waals surface area (Å²) in [6.45, 7) is 4.23. The van der Waals surface area contributed by atoms with Crippen LogP contribution >= 0.6 is 0 Å². The average Bonchev–Trinajstić information content (AvgIpc) is 3.57. The van der Waals surface area contributed by atoms with Crippen LogP contribution in [0.4, 0.5) is 26.0 Å². The van der Waals surface area contributed by atoms with Gasteiger partial charge in [-0.2, -0.15) is 0 Å². The van der Waals surface area contributed by atoms with E-state index in [2.05, 4.69) is 38.0 Å². The summed E-state index contributed by atoms with van der Waals surface area (Å²) >= 11 is 0. The van der Waals surface area contributed by atoms with E-state index in [9.17, 15) is 18.4 Å². The largest absolute Gasteiger partial charge is 0.494 e. The Labute approximate surface area is 224 Å². The topological polar surface area (TPSA) is 127 Å². The van der Waals surface area contributed by atoms with Gasteiger partial charge < -0.3 is 15.4 Å². The second-order valence-corrected chi connectivity index (χ2v) is 9.16. The number of rotatable bonds is 12. The third-order valence-corrected chi connectivity index (χ3v) is 6.10. The minimum atomic E-state index is -3.02. The Balaban J connectivity index is 1.63. The summed E-state index contributed by atoms with van der Waals surface area (Å²) in [6, 6.07) is 6.71. The van der Waals surface area contributed by atoms with E-state index in [0.29, 0.717) is 29.3 Å². The molecule has 1 aliphatic rings. The average molecular weight is 541 g/mol. The first-order valence-corrected chi connectivity index (χ1v) is 12.6. The van der Waals surface area contributed by atoms with Gasteiger partial charge in [0.2, 0.25) is 5.91 Å². The fourth-order valence-corrected chi connectivity index (χ4v) is 3.85. The number of ether oxygens (including phenoxy) is 1. The molecule has 0 bridgehead atoms. The third kappa shape index (κ3) is 6.82. The minimum absolute atomic E-state index is 0.00476. The molecule has 10 nitrogen and oxygen atoms in total. The molecule has 206 valence electrons. The number of pyridine rings is 1. The highest BCUT2D eigenvalue weighted by molar-refractivity contribution is 6.01. The number of amides is 2. The van der Waals surface area contributed by atoms with Gasteiger partial charge in [-0.05, 0) is 25.5 Å². The molecular weight excluding hydrogens is 510 g/mol. The van der Waals surface area contributed by atoms with Crippen molar-refractivity contribution >= 4 is 29.0 Å². The van der Waals surface area contributed by atoms with Gasteiger partial charge in [-0.1, -0.05) is 25.8 Å². The molecule has 1 aromatic carbocycles. The van der Waals surface area contributed by atoms with Crippen molar-refractivity contribution in [1.29, 1.82) is 0 Å². The van der Waals surface area contributed by atoms with Crippen molar-refractivity contribution in [1.82, 2.24) is 20.4 Å². The predicted octanol–water partition coefficient (Wildman–Crippen LogP) is 5.04. The molecule has 0 radical (unpaired) electrons. The number of hydrogen-bond donors (Lipinski definition) is 3. The first kappa shape index (κ1) is 27.8. The smallest absolute Gasteiger partial charge is 0.278 e. The van der Waals surface area contributed by atoms with Crippen LogP contribution in [0.5, 0.6) is 5.75 Å². The highest BCUT2D eigenvalue weighted by atomic mass is 19.3. The maximum Gasteiger partial charge on any atom is 0.278 e. The Morgan fingerprint density at radius 3 is 2.56 bits per heavy atom. The maximum atomic E-state index is 13.4. The number of alkyl halides is 2. The Morgan fingerprint density at radius 1 is 1.10 bits per heavy atom. The van der Waals surface area contributed by atoms with E-state index in [-0.39, 0.29) is 17.1 Å². The molecule has 39 heavy (non-hydrogen) atoms. The fraction of sp³-hybridized carbons (Fsp3) is 0.370. The molecule has 0 saturated heterocycles. The fourth-order valence-electron chi connectivity index (χ4n) is 3.85. The molecule has 2 aromatic heterocycles. The van der Waals surface area contributed by atoms with Gasteiger partial charge in [0, 0.05) is 30.4 Å². The summed E-state index contributed by atoms with van der Waals surface area (Å²) in [6.07, 6.45) is 6.73. The Kier molecular flexibility index (Phi) is 8.65. The molecule has 1 fully saturated rings. The highest BCUT2D eigenvalue weighted by Crippen LogP contribution is 2.49. The number of benzene rings is 1. The van der Waals surface area contributed by atoms with Gasteiger partial charge in [-0.15, -0.1) is 0 Å². The standard InChI is InChI=1S/C27H30F2N6O4/c1-4-5-6-10-39-35-25(36)18-14-32-23(34-26(37)19-12-27(19,28)29)11-21(18)33-20-9-7-8-17(24(20)38-3)22-15-30-16(2)13-31-22/h7-9,11,13-15,19H,4-6,10,12H2,1-3H3,(H,35,36)(H2,32,33,34,37). The van der Waals surface area contributed by atoms with Gasteiger partial charge in [0.25, 0.3) is 11.8 Å². The third-order valence-electron chi connectivity index (χ3n) is 6.10. The summed E-state index contributed by atoms with van der Waals surface area (Å²) < 4.78 is 32.4. The molecular formula is C27H30F2N6O4. The summed E-state index contributed by atoms with van der Waals surface area (Å²) in [5.41, 5.74) is 5.20. The van der Waals surface area contributed by atoms with Gasteiger partial charge in [0.1, 0.15) is 11.7 Å². The number of anilines is 3. The normalized spacial score (nSPS) is 15.4. The van der Waals surface area contributed by atoms with E-state index in [0.717, 1.165) is 25.0 Å². The number of methoxy groups -OCH3 is 1. The van der Waals surface area contributed by atoms with Gasteiger partial charge in [-0.3, -0.25) is 24.4 Å². The Hall–Kier alpha value is -4.19. The van der Waals surface area contributed by atoms with Crippen LogP contribution in [-0.4, -0.2) is 46.4 Å². The maximum absolute atomic E-state index is 13.4. The number of aryl methyl sites for hydroxylation is 1. The van der Waals surface area contributed by atoms with Crippen molar-refractivity contribution in [3.8, 4) is 17.0 Å². The van der Waals surface area contributed by atoms with Crippen LogP contribution in [0.3, 0.4) is 0 Å². The van der Waals surface area contributed by atoms with Crippen LogP contribution in [0.25, 0.3) is 11.3 Å². The van der Waals surface area contributed by atoms with E-state index in [1.54, 1.807) is 24.5 Å². The monoisotopic (exact) mass is 540 g/mol. The van der Waals surface area contributed by atoms with Crippen LogP contribution in [0.1, 0.15) is 48.7 Å². The van der Waals surface area contributed by atoms with E-state index >= 15 is 0 Å². The molecule has 1 aliphatic carbocycles. The number of carbonyl (C=O) groups excluding carboxylic acids is 2. The zero-order valence-corrected chi connectivity index (χ0v) is 21.9. The Morgan fingerprint density at radius 2 is 1.90 bits per heavy atom. The number of unbranched alkanes of at least 4 members (excludes halogenated alkanes) is 2. The molecule has 1 unspecified atom stereocenters.